The summed E-state index contributed by atoms with van der Waals surface area (Å²) in [5, 5.41) is 19.7. The zero-order valence-corrected chi connectivity index (χ0v) is 14.2. The molecule has 1 rings (SSSR count). The van der Waals surface area contributed by atoms with E-state index in [2.05, 4.69) is 0 Å². The molecule has 4 N–H and O–H groups in total. The predicted octanol–water partition coefficient (Wildman–Crippen LogP) is 3.23. The largest absolute Gasteiger partial charge is 0.389 e. The molecule has 0 aromatic heterocycles. The van der Waals surface area contributed by atoms with Crippen LogP contribution in [0.15, 0.2) is 24.3 Å². The van der Waals surface area contributed by atoms with Crippen LogP contribution < -0.4 is 5.73 Å². The Morgan fingerprint density at radius 1 is 1.04 bits per heavy atom. The van der Waals surface area contributed by atoms with Crippen molar-refractivity contribution < 1.29 is 15.0 Å². The van der Waals surface area contributed by atoms with Gasteiger partial charge in [-0.05, 0) is 38.0 Å². The van der Waals surface area contributed by atoms with Crippen molar-refractivity contribution in [1.82, 2.24) is 0 Å². The summed E-state index contributed by atoms with van der Waals surface area (Å²) in [6.07, 6.45) is 17.5. The molecule has 1 fully saturated rings. The standard InChI is InChI=1S/C19H33NO3/c20-19(23)14-8-13-17(21)11-6-1-2-7-12-18(22)15-16-9-4-3-5-10-16/h6-7,11-12,16-18,21-22H,1-5,8-10,13-15H2,(H2,20,23). The maximum Gasteiger partial charge on any atom is 0.217 e. The number of hydrogen-bond acceptors (Lipinski definition) is 3. The molecule has 4 heteroatoms. The number of amides is 1. The van der Waals surface area contributed by atoms with Gasteiger partial charge >= 0.3 is 0 Å². The van der Waals surface area contributed by atoms with Crippen LogP contribution in [0.2, 0.25) is 0 Å². The topological polar surface area (TPSA) is 83.6 Å². The average Bonchev–Trinajstić information content (AvgIpc) is 2.51. The molecule has 0 radical (unpaired) electrons. The Bertz CT molecular complexity index is 373. The van der Waals surface area contributed by atoms with Gasteiger partial charge < -0.3 is 15.9 Å². The molecule has 4 nitrogen and oxygen atoms in total. The van der Waals surface area contributed by atoms with Gasteiger partial charge in [-0.1, -0.05) is 56.4 Å². The highest BCUT2D eigenvalue weighted by Gasteiger charge is 2.15. The lowest BCUT2D eigenvalue weighted by Gasteiger charge is -2.22. The average molecular weight is 323 g/mol. The van der Waals surface area contributed by atoms with E-state index in [-0.39, 0.29) is 12.0 Å². The second-order valence-corrected chi connectivity index (χ2v) is 6.67. The number of aliphatic hydroxyl groups is 2. The number of rotatable bonds is 11. The number of hydrogen-bond donors (Lipinski definition) is 3. The van der Waals surface area contributed by atoms with E-state index >= 15 is 0 Å². The molecule has 0 spiro atoms. The number of primary amides is 1. The summed E-state index contributed by atoms with van der Waals surface area (Å²) in [5.41, 5.74) is 5.05. The quantitative estimate of drug-likeness (QED) is 0.403. The van der Waals surface area contributed by atoms with Crippen LogP contribution in [0.1, 0.15) is 70.6 Å². The van der Waals surface area contributed by atoms with Crippen molar-refractivity contribution in [2.45, 2.75) is 82.8 Å². The first kappa shape index (κ1) is 19.9. The lowest BCUT2D eigenvalue weighted by atomic mass is 9.85. The van der Waals surface area contributed by atoms with Gasteiger partial charge in [0.15, 0.2) is 0 Å². The molecule has 1 aliphatic rings. The van der Waals surface area contributed by atoms with Crippen LogP contribution in [0.25, 0.3) is 0 Å². The number of nitrogens with two attached hydrogens (primary N) is 1. The first-order valence-corrected chi connectivity index (χ1v) is 9.05. The van der Waals surface area contributed by atoms with Gasteiger partial charge in [0.05, 0.1) is 12.2 Å². The van der Waals surface area contributed by atoms with Crippen molar-refractivity contribution in [3.63, 3.8) is 0 Å². The zero-order valence-electron chi connectivity index (χ0n) is 14.2. The normalized spacial score (nSPS) is 19.4. The summed E-state index contributed by atoms with van der Waals surface area (Å²) in [7, 11) is 0. The molecule has 0 aromatic rings. The first-order valence-electron chi connectivity index (χ1n) is 9.05. The molecule has 2 unspecified atom stereocenters. The molecular weight excluding hydrogens is 290 g/mol. The van der Waals surface area contributed by atoms with Crippen molar-refractivity contribution in [2.75, 3.05) is 0 Å². The van der Waals surface area contributed by atoms with E-state index in [9.17, 15) is 15.0 Å². The van der Waals surface area contributed by atoms with E-state index in [1.54, 1.807) is 6.08 Å². The molecule has 0 heterocycles. The Labute approximate surface area is 140 Å². The maximum absolute atomic E-state index is 10.6. The molecule has 2 atom stereocenters. The van der Waals surface area contributed by atoms with Gasteiger partial charge in [-0.3, -0.25) is 4.79 Å². The van der Waals surface area contributed by atoms with Crippen LogP contribution in [0, 0.1) is 5.92 Å². The Morgan fingerprint density at radius 3 is 2.26 bits per heavy atom. The molecule has 0 aliphatic heterocycles. The van der Waals surface area contributed by atoms with E-state index in [0.29, 0.717) is 25.2 Å². The summed E-state index contributed by atoms with van der Waals surface area (Å²) in [5.74, 6) is 0.372. The smallest absolute Gasteiger partial charge is 0.217 e. The van der Waals surface area contributed by atoms with Gasteiger partial charge in [-0.15, -0.1) is 0 Å². The molecule has 1 amide bonds. The maximum atomic E-state index is 10.6. The zero-order chi connectivity index (χ0) is 16.9. The van der Waals surface area contributed by atoms with E-state index in [0.717, 1.165) is 19.3 Å². The summed E-state index contributed by atoms with van der Waals surface area (Å²) < 4.78 is 0. The van der Waals surface area contributed by atoms with Crippen molar-refractivity contribution in [1.29, 1.82) is 0 Å². The van der Waals surface area contributed by atoms with Gasteiger partial charge in [-0.2, -0.15) is 0 Å². The second-order valence-electron chi connectivity index (χ2n) is 6.67. The summed E-state index contributed by atoms with van der Waals surface area (Å²) in [6, 6.07) is 0. The number of allylic oxidation sites excluding steroid dienone is 2. The Balaban J connectivity index is 2.05. The molecule has 23 heavy (non-hydrogen) atoms. The third-order valence-electron chi connectivity index (χ3n) is 4.44. The van der Waals surface area contributed by atoms with E-state index in [1.165, 1.54) is 32.1 Å². The molecule has 1 aliphatic carbocycles. The van der Waals surface area contributed by atoms with Crippen molar-refractivity contribution in [3.05, 3.63) is 24.3 Å². The van der Waals surface area contributed by atoms with Crippen LogP contribution in [-0.2, 0) is 4.79 Å². The van der Waals surface area contributed by atoms with Gasteiger partial charge in [0, 0.05) is 6.42 Å². The first-order chi connectivity index (χ1) is 11.1. The Hall–Kier alpha value is -1.13. The van der Waals surface area contributed by atoms with Crippen molar-refractivity contribution >= 4 is 5.91 Å². The minimum atomic E-state index is -0.504. The minimum absolute atomic E-state index is 0.318. The summed E-state index contributed by atoms with van der Waals surface area (Å²) in [6.45, 7) is 0. The summed E-state index contributed by atoms with van der Waals surface area (Å²) in [4.78, 5) is 10.6. The fourth-order valence-corrected chi connectivity index (χ4v) is 3.12. The Morgan fingerprint density at radius 2 is 1.65 bits per heavy atom. The second kappa shape index (κ2) is 12.3. The highest BCUT2D eigenvalue weighted by Crippen LogP contribution is 2.27. The van der Waals surface area contributed by atoms with E-state index in [1.807, 2.05) is 18.2 Å². The predicted molar refractivity (Wildman–Crippen MR) is 93.8 cm³/mol. The van der Waals surface area contributed by atoms with Crippen molar-refractivity contribution in [3.8, 4) is 0 Å². The molecule has 0 aromatic carbocycles. The van der Waals surface area contributed by atoms with Gasteiger partial charge in [0.25, 0.3) is 0 Å². The van der Waals surface area contributed by atoms with E-state index < -0.39 is 6.10 Å². The number of carbonyl (C=O) groups excluding carboxylic acids is 1. The minimum Gasteiger partial charge on any atom is -0.389 e. The summed E-state index contributed by atoms with van der Waals surface area (Å²) >= 11 is 0. The molecule has 132 valence electrons. The number of unbranched alkanes of at least 4 members (excludes halogenated alkanes) is 1. The van der Waals surface area contributed by atoms with Gasteiger partial charge in [-0.25, -0.2) is 0 Å². The fourth-order valence-electron chi connectivity index (χ4n) is 3.12. The lowest BCUT2D eigenvalue weighted by molar-refractivity contribution is -0.118. The monoisotopic (exact) mass is 323 g/mol. The van der Waals surface area contributed by atoms with Crippen LogP contribution in [0.3, 0.4) is 0 Å². The Kier molecular flexibility index (Phi) is 10.7. The molecule has 1 saturated carbocycles. The third-order valence-corrected chi connectivity index (χ3v) is 4.44. The SMILES string of the molecule is NC(=O)CCCC(O)C=CCCC=CC(O)CC1CCCCC1. The lowest BCUT2D eigenvalue weighted by Crippen LogP contribution is -2.14. The van der Waals surface area contributed by atoms with Crippen LogP contribution in [0.5, 0.6) is 0 Å². The molecule has 0 bridgehead atoms. The molecule has 0 saturated heterocycles. The van der Waals surface area contributed by atoms with Gasteiger partial charge in [0.1, 0.15) is 0 Å². The third kappa shape index (κ3) is 11.1. The van der Waals surface area contributed by atoms with E-state index in [4.69, 9.17) is 5.73 Å². The highest BCUT2D eigenvalue weighted by molar-refractivity contribution is 5.73. The molecular formula is C19H33NO3. The van der Waals surface area contributed by atoms with Crippen LogP contribution in [0.4, 0.5) is 0 Å². The number of carbonyl (C=O) groups is 1. The number of aliphatic hydroxyl groups excluding tert-OH is 2. The fraction of sp³-hybridized carbons (Fsp3) is 0.737. The van der Waals surface area contributed by atoms with Gasteiger partial charge in [0.2, 0.25) is 5.91 Å². The van der Waals surface area contributed by atoms with Crippen LogP contribution in [-0.4, -0.2) is 28.3 Å². The van der Waals surface area contributed by atoms with Crippen LogP contribution >= 0.6 is 0 Å². The highest BCUT2D eigenvalue weighted by atomic mass is 16.3. The van der Waals surface area contributed by atoms with Crippen molar-refractivity contribution in [2.24, 2.45) is 11.7 Å².